The summed E-state index contributed by atoms with van der Waals surface area (Å²) in [6.45, 7) is 5.01. The van der Waals surface area contributed by atoms with E-state index in [0.29, 0.717) is 5.56 Å². The van der Waals surface area contributed by atoms with Gasteiger partial charge < -0.3 is 5.73 Å². The number of benzene rings is 2. The average molecular weight is 279 g/mol. The van der Waals surface area contributed by atoms with Crippen LogP contribution in [0.1, 0.15) is 33.9 Å². The van der Waals surface area contributed by atoms with Gasteiger partial charge in [0.05, 0.1) is 6.04 Å². The van der Waals surface area contributed by atoms with Gasteiger partial charge in [-0.25, -0.2) is 13.2 Å². The summed E-state index contributed by atoms with van der Waals surface area (Å²) in [5.41, 5.74) is 8.01. The lowest BCUT2D eigenvalue weighted by Gasteiger charge is -2.18. The van der Waals surface area contributed by atoms with Crippen LogP contribution in [0.25, 0.3) is 0 Å². The van der Waals surface area contributed by atoms with Crippen LogP contribution in [-0.4, -0.2) is 0 Å². The van der Waals surface area contributed by atoms with Crippen molar-refractivity contribution in [3.63, 3.8) is 0 Å². The van der Waals surface area contributed by atoms with Crippen LogP contribution < -0.4 is 5.73 Å². The zero-order chi connectivity index (χ0) is 15.0. The van der Waals surface area contributed by atoms with E-state index in [2.05, 4.69) is 0 Å². The molecule has 1 unspecified atom stereocenters. The van der Waals surface area contributed by atoms with E-state index in [0.717, 1.165) is 11.6 Å². The van der Waals surface area contributed by atoms with Gasteiger partial charge >= 0.3 is 0 Å². The molecular weight excluding hydrogens is 263 g/mol. The van der Waals surface area contributed by atoms with E-state index in [9.17, 15) is 13.2 Å². The fourth-order valence-corrected chi connectivity index (χ4v) is 2.39. The molecule has 2 aromatic carbocycles. The molecule has 0 aliphatic carbocycles. The lowest BCUT2D eigenvalue weighted by molar-refractivity contribution is 0.552. The quantitative estimate of drug-likeness (QED) is 0.880. The number of rotatable bonds is 2. The molecule has 20 heavy (non-hydrogen) atoms. The summed E-state index contributed by atoms with van der Waals surface area (Å²) in [5, 5.41) is 0. The van der Waals surface area contributed by atoms with Gasteiger partial charge in [-0.1, -0.05) is 6.07 Å². The Morgan fingerprint density at radius 3 is 2.05 bits per heavy atom. The zero-order valence-corrected chi connectivity index (χ0v) is 11.6. The smallest absolute Gasteiger partial charge is 0.131 e. The molecule has 0 saturated heterocycles. The van der Waals surface area contributed by atoms with Crippen molar-refractivity contribution in [1.82, 2.24) is 0 Å². The van der Waals surface area contributed by atoms with E-state index in [1.807, 2.05) is 0 Å². The molecular formula is C16H16F3N. The van der Waals surface area contributed by atoms with E-state index in [1.54, 1.807) is 19.9 Å². The molecule has 0 aromatic heterocycles. The lowest BCUT2D eigenvalue weighted by Crippen LogP contribution is -2.17. The highest BCUT2D eigenvalue weighted by molar-refractivity contribution is 5.41. The van der Waals surface area contributed by atoms with E-state index < -0.39 is 23.5 Å². The second-order valence-electron chi connectivity index (χ2n) is 5.08. The monoisotopic (exact) mass is 279 g/mol. The SMILES string of the molecule is Cc1cc(C)c(C(N)c2cc(C)c(F)cc2F)c(F)c1. The molecule has 0 aliphatic rings. The Morgan fingerprint density at radius 1 is 0.800 bits per heavy atom. The van der Waals surface area contributed by atoms with Gasteiger partial charge in [0.2, 0.25) is 0 Å². The number of nitrogens with two attached hydrogens (primary N) is 1. The molecule has 0 bridgehead atoms. The third kappa shape index (κ3) is 2.56. The van der Waals surface area contributed by atoms with Crippen molar-refractivity contribution in [3.05, 3.63) is 69.5 Å². The first-order valence-corrected chi connectivity index (χ1v) is 6.29. The summed E-state index contributed by atoms with van der Waals surface area (Å²) in [7, 11) is 0. The standard InChI is InChI=1S/C16H16F3N/c1-8-4-10(3)15(14(19)5-8)16(20)11-6-9(2)12(17)7-13(11)18/h4-7,16H,20H2,1-3H3. The highest BCUT2D eigenvalue weighted by atomic mass is 19.1. The molecule has 0 radical (unpaired) electrons. The van der Waals surface area contributed by atoms with E-state index in [4.69, 9.17) is 5.73 Å². The Bertz CT molecular complexity index is 642. The summed E-state index contributed by atoms with van der Waals surface area (Å²) in [6.07, 6.45) is 0. The number of hydrogen-bond donors (Lipinski definition) is 1. The maximum atomic E-state index is 14.1. The third-order valence-electron chi connectivity index (χ3n) is 3.40. The molecule has 4 heteroatoms. The van der Waals surface area contributed by atoms with Crippen molar-refractivity contribution < 1.29 is 13.2 Å². The molecule has 0 spiro atoms. The van der Waals surface area contributed by atoms with Gasteiger partial charge in [0, 0.05) is 17.2 Å². The molecule has 0 fully saturated rings. The van der Waals surface area contributed by atoms with Crippen molar-refractivity contribution in [3.8, 4) is 0 Å². The van der Waals surface area contributed by atoms with Crippen molar-refractivity contribution in [2.45, 2.75) is 26.8 Å². The first kappa shape index (κ1) is 14.6. The minimum atomic E-state index is -0.963. The Balaban J connectivity index is 2.57. The Hall–Kier alpha value is -1.81. The summed E-state index contributed by atoms with van der Waals surface area (Å²) < 4.78 is 41.2. The predicted molar refractivity (Wildman–Crippen MR) is 73.0 cm³/mol. The zero-order valence-electron chi connectivity index (χ0n) is 11.6. The third-order valence-corrected chi connectivity index (χ3v) is 3.40. The van der Waals surface area contributed by atoms with Crippen molar-refractivity contribution in [2.75, 3.05) is 0 Å². The number of hydrogen-bond acceptors (Lipinski definition) is 1. The van der Waals surface area contributed by atoms with Crippen LogP contribution in [-0.2, 0) is 0 Å². The van der Waals surface area contributed by atoms with Gasteiger partial charge in [0.1, 0.15) is 17.5 Å². The molecule has 0 saturated carbocycles. The lowest BCUT2D eigenvalue weighted by atomic mass is 9.92. The molecule has 0 aliphatic heterocycles. The highest BCUT2D eigenvalue weighted by Gasteiger charge is 2.21. The van der Waals surface area contributed by atoms with Gasteiger partial charge in [-0.15, -0.1) is 0 Å². The van der Waals surface area contributed by atoms with Crippen LogP contribution in [0.5, 0.6) is 0 Å². The molecule has 1 nitrogen and oxygen atoms in total. The normalized spacial score (nSPS) is 12.6. The van der Waals surface area contributed by atoms with E-state index in [-0.39, 0.29) is 16.7 Å². The second-order valence-corrected chi connectivity index (χ2v) is 5.08. The first-order valence-electron chi connectivity index (χ1n) is 6.29. The van der Waals surface area contributed by atoms with Crippen LogP contribution in [0.15, 0.2) is 24.3 Å². The Kier molecular flexibility index (Phi) is 3.86. The number of halogens is 3. The van der Waals surface area contributed by atoms with Gasteiger partial charge in [0.15, 0.2) is 0 Å². The van der Waals surface area contributed by atoms with Crippen LogP contribution in [0.3, 0.4) is 0 Å². The van der Waals surface area contributed by atoms with E-state index >= 15 is 0 Å². The van der Waals surface area contributed by atoms with Crippen LogP contribution >= 0.6 is 0 Å². The molecule has 2 N–H and O–H groups in total. The molecule has 0 amide bonds. The van der Waals surface area contributed by atoms with Crippen molar-refractivity contribution in [1.29, 1.82) is 0 Å². The average Bonchev–Trinajstić information content (AvgIpc) is 2.32. The Labute approximate surface area is 116 Å². The highest BCUT2D eigenvalue weighted by Crippen LogP contribution is 2.29. The molecule has 2 aromatic rings. The molecule has 0 heterocycles. The molecule has 2 rings (SSSR count). The van der Waals surface area contributed by atoms with Gasteiger partial charge in [-0.05, 0) is 49.6 Å². The van der Waals surface area contributed by atoms with Gasteiger partial charge in [-0.3, -0.25) is 0 Å². The second kappa shape index (κ2) is 5.29. The summed E-state index contributed by atoms with van der Waals surface area (Å²) in [5.74, 6) is -1.88. The van der Waals surface area contributed by atoms with Crippen LogP contribution in [0.2, 0.25) is 0 Å². The van der Waals surface area contributed by atoms with Gasteiger partial charge in [0.25, 0.3) is 0 Å². The molecule has 1 atom stereocenters. The maximum Gasteiger partial charge on any atom is 0.131 e. The Morgan fingerprint density at radius 2 is 1.45 bits per heavy atom. The maximum absolute atomic E-state index is 14.1. The van der Waals surface area contributed by atoms with Crippen LogP contribution in [0, 0.1) is 38.2 Å². The van der Waals surface area contributed by atoms with Gasteiger partial charge in [-0.2, -0.15) is 0 Å². The first-order chi connectivity index (χ1) is 9.31. The minimum Gasteiger partial charge on any atom is -0.320 e. The van der Waals surface area contributed by atoms with Crippen molar-refractivity contribution >= 4 is 0 Å². The summed E-state index contributed by atoms with van der Waals surface area (Å²) in [4.78, 5) is 0. The van der Waals surface area contributed by atoms with Crippen molar-refractivity contribution in [2.24, 2.45) is 5.73 Å². The minimum absolute atomic E-state index is 0.0924. The predicted octanol–water partition coefficient (Wildman–Crippen LogP) is 4.08. The molecule has 106 valence electrons. The summed E-state index contributed by atoms with van der Waals surface area (Å²) >= 11 is 0. The van der Waals surface area contributed by atoms with Crippen LogP contribution in [0.4, 0.5) is 13.2 Å². The fourth-order valence-electron chi connectivity index (χ4n) is 2.39. The fraction of sp³-hybridized carbons (Fsp3) is 0.250. The largest absolute Gasteiger partial charge is 0.320 e. The number of aryl methyl sites for hydroxylation is 3. The topological polar surface area (TPSA) is 26.0 Å². The summed E-state index contributed by atoms with van der Waals surface area (Å²) in [6, 6.07) is 4.29. The van der Waals surface area contributed by atoms with E-state index in [1.165, 1.54) is 19.1 Å².